The Kier molecular flexibility index (Phi) is 5.97. The van der Waals surface area contributed by atoms with Crippen LogP contribution in [0.1, 0.15) is 33.6 Å². The number of amides is 2. The standard InChI is InChI=1S/C13H21N3O2/c1-4-5-8-18-12-7-6-11(9-14-12)16-13(17)15-10(2)3/h6-7,9-10H,4-5,8H2,1-3H3,(H2,15,16,17). The molecule has 0 aliphatic rings. The molecule has 0 radical (unpaired) electrons. The quantitative estimate of drug-likeness (QED) is 0.764. The molecule has 18 heavy (non-hydrogen) atoms. The highest BCUT2D eigenvalue weighted by atomic mass is 16.5. The van der Waals surface area contributed by atoms with Crippen molar-refractivity contribution in [1.29, 1.82) is 0 Å². The van der Waals surface area contributed by atoms with E-state index in [1.807, 2.05) is 13.8 Å². The minimum atomic E-state index is -0.230. The van der Waals surface area contributed by atoms with Crippen molar-refractivity contribution >= 4 is 11.7 Å². The highest BCUT2D eigenvalue weighted by molar-refractivity contribution is 5.89. The second-order valence-electron chi connectivity index (χ2n) is 4.34. The Morgan fingerprint density at radius 1 is 1.44 bits per heavy atom. The highest BCUT2D eigenvalue weighted by Gasteiger charge is 2.03. The van der Waals surface area contributed by atoms with E-state index < -0.39 is 0 Å². The van der Waals surface area contributed by atoms with Crippen molar-refractivity contribution in [2.45, 2.75) is 39.7 Å². The molecule has 0 aromatic carbocycles. The number of carbonyl (C=O) groups excluding carboxylic acids is 1. The first-order valence-electron chi connectivity index (χ1n) is 6.28. The largest absolute Gasteiger partial charge is 0.478 e. The van der Waals surface area contributed by atoms with Gasteiger partial charge in [-0.2, -0.15) is 0 Å². The van der Waals surface area contributed by atoms with Gasteiger partial charge in [0, 0.05) is 12.1 Å². The van der Waals surface area contributed by atoms with Crippen LogP contribution in [0.25, 0.3) is 0 Å². The average molecular weight is 251 g/mol. The van der Waals surface area contributed by atoms with Crippen LogP contribution in [0.3, 0.4) is 0 Å². The third-order valence-corrected chi connectivity index (χ3v) is 2.16. The molecule has 0 aliphatic carbocycles. The number of pyridine rings is 1. The Hall–Kier alpha value is -1.78. The first-order valence-corrected chi connectivity index (χ1v) is 6.28. The zero-order chi connectivity index (χ0) is 13.4. The van der Waals surface area contributed by atoms with Crippen molar-refractivity contribution in [2.75, 3.05) is 11.9 Å². The van der Waals surface area contributed by atoms with Crippen molar-refractivity contribution in [1.82, 2.24) is 10.3 Å². The number of unbranched alkanes of at least 4 members (excludes halogenated alkanes) is 1. The lowest BCUT2D eigenvalue weighted by molar-refractivity contribution is 0.250. The lowest BCUT2D eigenvalue weighted by Gasteiger charge is -2.10. The molecular weight excluding hydrogens is 230 g/mol. The molecule has 2 N–H and O–H groups in total. The Bertz CT molecular complexity index is 363. The summed E-state index contributed by atoms with van der Waals surface area (Å²) in [5.41, 5.74) is 0.649. The molecule has 100 valence electrons. The van der Waals surface area contributed by atoms with E-state index in [1.165, 1.54) is 0 Å². The number of hydrogen-bond donors (Lipinski definition) is 2. The van der Waals surface area contributed by atoms with Crippen LogP contribution in [0.2, 0.25) is 0 Å². The van der Waals surface area contributed by atoms with Crippen LogP contribution in [0.5, 0.6) is 5.88 Å². The van der Waals surface area contributed by atoms with Crippen molar-refractivity contribution in [3.8, 4) is 5.88 Å². The fourth-order valence-corrected chi connectivity index (χ4v) is 1.29. The summed E-state index contributed by atoms with van der Waals surface area (Å²) in [5, 5.41) is 5.44. The van der Waals surface area contributed by atoms with E-state index in [0.29, 0.717) is 18.2 Å². The molecule has 0 spiro atoms. The van der Waals surface area contributed by atoms with Crippen molar-refractivity contribution in [3.05, 3.63) is 18.3 Å². The predicted molar refractivity (Wildman–Crippen MR) is 71.9 cm³/mol. The normalized spacial score (nSPS) is 10.2. The molecule has 0 fully saturated rings. The van der Waals surface area contributed by atoms with Crippen LogP contribution >= 0.6 is 0 Å². The van der Waals surface area contributed by atoms with Gasteiger partial charge in [-0.1, -0.05) is 13.3 Å². The molecule has 1 aromatic rings. The SMILES string of the molecule is CCCCOc1ccc(NC(=O)NC(C)C)cn1. The number of rotatable bonds is 6. The minimum Gasteiger partial charge on any atom is -0.478 e. The van der Waals surface area contributed by atoms with Crippen LogP contribution in [-0.2, 0) is 0 Å². The number of ether oxygens (including phenoxy) is 1. The zero-order valence-electron chi connectivity index (χ0n) is 11.2. The first kappa shape index (κ1) is 14.3. The van der Waals surface area contributed by atoms with E-state index in [4.69, 9.17) is 4.74 Å². The van der Waals surface area contributed by atoms with E-state index >= 15 is 0 Å². The molecule has 1 heterocycles. The molecule has 0 bridgehead atoms. The molecule has 0 aliphatic heterocycles. The van der Waals surface area contributed by atoms with Crippen LogP contribution in [0.15, 0.2) is 18.3 Å². The Labute approximate surface area is 108 Å². The van der Waals surface area contributed by atoms with Gasteiger partial charge >= 0.3 is 6.03 Å². The Morgan fingerprint density at radius 3 is 2.78 bits per heavy atom. The summed E-state index contributed by atoms with van der Waals surface area (Å²) >= 11 is 0. The van der Waals surface area contributed by atoms with Crippen molar-refractivity contribution in [3.63, 3.8) is 0 Å². The smallest absolute Gasteiger partial charge is 0.319 e. The average Bonchev–Trinajstić information content (AvgIpc) is 2.30. The number of anilines is 1. The van der Waals surface area contributed by atoms with Crippen molar-refractivity contribution in [2.24, 2.45) is 0 Å². The fraction of sp³-hybridized carbons (Fsp3) is 0.538. The fourth-order valence-electron chi connectivity index (χ4n) is 1.29. The topological polar surface area (TPSA) is 63.2 Å². The Balaban J connectivity index is 2.42. The number of nitrogens with zero attached hydrogens (tertiary/aromatic N) is 1. The summed E-state index contributed by atoms with van der Waals surface area (Å²) < 4.78 is 5.43. The number of hydrogen-bond acceptors (Lipinski definition) is 3. The summed E-state index contributed by atoms with van der Waals surface area (Å²) in [6.07, 6.45) is 3.69. The lowest BCUT2D eigenvalue weighted by atomic mass is 10.3. The van der Waals surface area contributed by atoms with Gasteiger partial charge < -0.3 is 15.4 Å². The lowest BCUT2D eigenvalue weighted by Crippen LogP contribution is -2.34. The van der Waals surface area contributed by atoms with Gasteiger partial charge in [-0.25, -0.2) is 9.78 Å². The van der Waals surface area contributed by atoms with E-state index in [-0.39, 0.29) is 12.1 Å². The van der Waals surface area contributed by atoms with Gasteiger partial charge in [-0.15, -0.1) is 0 Å². The molecule has 0 saturated carbocycles. The summed E-state index contributed by atoms with van der Waals surface area (Å²) in [4.78, 5) is 15.6. The van der Waals surface area contributed by atoms with E-state index in [9.17, 15) is 4.79 Å². The molecule has 5 nitrogen and oxygen atoms in total. The Morgan fingerprint density at radius 2 is 2.22 bits per heavy atom. The predicted octanol–water partition coefficient (Wildman–Crippen LogP) is 2.79. The van der Waals surface area contributed by atoms with Gasteiger partial charge in [-0.3, -0.25) is 0 Å². The minimum absolute atomic E-state index is 0.106. The van der Waals surface area contributed by atoms with Gasteiger partial charge in [0.05, 0.1) is 18.5 Å². The van der Waals surface area contributed by atoms with Crippen LogP contribution in [0.4, 0.5) is 10.5 Å². The zero-order valence-corrected chi connectivity index (χ0v) is 11.2. The number of urea groups is 1. The number of nitrogens with one attached hydrogen (secondary N) is 2. The highest BCUT2D eigenvalue weighted by Crippen LogP contribution is 2.11. The summed E-state index contributed by atoms with van der Waals surface area (Å²) in [6.45, 7) is 6.59. The van der Waals surface area contributed by atoms with Crippen molar-refractivity contribution < 1.29 is 9.53 Å². The molecule has 0 atom stereocenters. The van der Waals surface area contributed by atoms with Crippen LogP contribution in [0, 0.1) is 0 Å². The number of aromatic nitrogens is 1. The van der Waals surface area contributed by atoms with Gasteiger partial charge in [0.1, 0.15) is 0 Å². The second kappa shape index (κ2) is 7.53. The molecule has 2 amide bonds. The third-order valence-electron chi connectivity index (χ3n) is 2.16. The summed E-state index contributed by atoms with van der Waals surface area (Å²) in [5.74, 6) is 0.582. The maximum Gasteiger partial charge on any atom is 0.319 e. The molecule has 5 heteroatoms. The molecular formula is C13H21N3O2. The monoisotopic (exact) mass is 251 g/mol. The van der Waals surface area contributed by atoms with Gasteiger partial charge in [0.25, 0.3) is 0 Å². The van der Waals surface area contributed by atoms with Gasteiger partial charge in [-0.05, 0) is 26.3 Å². The maximum atomic E-state index is 11.4. The summed E-state index contributed by atoms with van der Waals surface area (Å²) in [6, 6.07) is 3.40. The van der Waals surface area contributed by atoms with E-state index in [0.717, 1.165) is 12.8 Å². The second-order valence-corrected chi connectivity index (χ2v) is 4.34. The maximum absolute atomic E-state index is 11.4. The van der Waals surface area contributed by atoms with Gasteiger partial charge in [0.2, 0.25) is 5.88 Å². The third kappa shape index (κ3) is 5.52. The van der Waals surface area contributed by atoms with Crippen LogP contribution in [-0.4, -0.2) is 23.7 Å². The molecule has 0 saturated heterocycles. The molecule has 1 aromatic heterocycles. The van der Waals surface area contributed by atoms with Crippen LogP contribution < -0.4 is 15.4 Å². The molecule has 0 unspecified atom stereocenters. The number of carbonyl (C=O) groups is 1. The molecule has 1 rings (SSSR count). The first-order chi connectivity index (χ1) is 8.61. The summed E-state index contributed by atoms with van der Waals surface area (Å²) in [7, 11) is 0. The van der Waals surface area contributed by atoms with E-state index in [2.05, 4.69) is 22.5 Å². The van der Waals surface area contributed by atoms with Gasteiger partial charge in [0.15, 0.2) is 0 Å². The van der Waals surface area contributed by atoms with E-state index in [1.54, 1.807) is 18.3 Å².